The summed E-state index contributed by atoms with van der Waals surface area (Å²) in [5, 5.41) is 11.8. The number of nitrogens with one attached hydrogen (secondary N) is 1. The summed E-state index contributed by atoms with van der Waals surface area (Å²) in [5.41, 5.74) is 6.31. The van der Waals surface area contributed by atoms with E-state index in [0.29, 0.717) is 6.42 Å². The fourth-order valence-electron chi connectivity index (χ4n) is 1.71. The van der Waals surface area contributed by atoms with Gasteiger partial charge in [-0.1, -0.05) is 12.1 Å². The van der Waals surface area contributed by atoms with Gasteiger partial charge >= 0.3 is 5.97 Å². The standard InChI is InChI=1S/C14H20N2O4/c1-9(15)13(18)16-8-11(14(19)20-2)7-10-3-5-12(17)6-4-10/h3-6,9,11,17H,7-8,15H2,1-2H3,(H,16,18). The summed E-state index contributed by atoms with van der Waals surface area (Å²) in [6, 6.07) is 5.91. The molecule has 0 radical (unpaired) electrons. The summed E-state index contributed by atoms with van der Waals surface area (Å²) in [5.74, 6) is -1.05. The molecule has 110 valence electrons. The Balaban J connectivity index is 2.67. The normalized spacial score (nSPS) is 13.3. The first-order valence-corrected chi connectivity index (χ1v) is 6.33. The molecule has 20 heavy (non-hydrogen) atoms. The van der Waals surface area contributed by atoms with Crippen molar-refractivity contribution in [3.63, 3.8) is 0 Å². The monoisotopic (exact) mass is 280 g/mol. The van der Waals surface area contributed by atoms with E-state index in [0.717, 1.165) is 5.56 Å². The lowest BCUT2D eigenvalue weighted by molar-refractivity contribution is -0.145. The van der Waals surface area contributed by atoms with Crippen LogP contribution in [0.1, 0.15) is 12.5 Å². The number of esters is 1. The van der Waals surface area contributed by atoms with Crippen LogP contribution in [0.5, 0.6) is 5.75 Å². The zero-order valence-corrected chi connectivity index (χ0v) is 11.6. The van der Waals surface area contributed by atoms with Gasteiger partial charge in [-0.3, -0.25) is 9.59 Å². The predicted molar refractivity (Wildman–Crippen MR) is 74.0 cm³/mol. The van der Waals surface area contributed by atoms with E-state index in [1.54, 1.807) is 31.2 Å². The number of carbonyl (C=O) groups is 2. The van der Waals surface area contributed by atoms with Crippen molar-refractivity contribution in [2.75, 3.05) is 13.7 Å². The molecule has 0 spiro atoms. The Hall–Kier alpha value is -2.08. The van der Waals surface area contributed by atoms with Gasteiger partial charge in [0, 0.05) is 6.54 Å². The van der Waals surface area contributed by atoms with Crippen LogP contribution in [0.2, 0.25) is 0 Å². The Labute approximate surface area is 117 Å². The van der Waals surface area contributed by atoms with Gasteiger partial charge in [0.25, 0.3) is 0 Å². The van der Waals surface area contributed by atoms with Crippen molar-refractivity contribution in [3.05, 3.63) is 29.8 Å². The minimum atomic E-state index is -0.623. The third-order valence-electron chi connectivity index (χ3n) is 2.89. The summed E-state index contributed by atoms with van der Waals surface area (Å²) in [7, 11) is 1.31. The fourth-order valence-corrected chi connectivity index (χ4v) is 1.71. The molecule has 2 unspecified atom stereocenters. The topological polar surface area (TPSA) is 102 Å². The van der Waals surface area contributed by atoms with E-state index in [-0.39, 0.29) is 18.2 Å². The summed E-state index contributed by atoms with van der Waals surface area (Å²) in [4.78, 5) is 23.1. The maximum atomic E-state index is 11.7. The van der Waals surface area contributed by atoms with E-state index >= 15 is 0 Å². The third kappa shape index (κ3) is 4.89. The van der Waals surface area contributed by atoms with Gasteiger partial charge in [-0.15, -0.1) is 0 Å². The van der Waals surface area contributed by atoms with Crippen molar-refractivity contribution in [1.29, 1.82) is 0 Å². The second-order valence-electron chi connectivity index (χ2n) is 4.62. The molecule has 6 nitrogen and oxygen atoms in total. The first-order chi connectivity index (χ1) is 9.43. The molecule has 0 aliphatic rings. The smallest absolute Gasteiger partial charge is 0.310 e. The van der Waals surface area contributed by atoms with Crippen LogP contribution in [0, 0.1) is 5.92 Å². The summed E-state index contributed by atoms with van der Waals surface area (Å²) >= 11 is 0. The van der Waals surface area contributed by atoms with Crippen molar-refractivity contribution in [2.24, 2.45) is 11.7 Å². The molecular weight excluding hydrogens is 260 g/mol. The summed E-state index contributed by atoms with van der Waals surface area (Å²) < 4.78 is 4.73. The highest BCUT2D eigenvalue weighted by Crippen LogP contribution is 2.14. The van der Waals surface area contributed by atoms with E-state index in [9.17, 15) is 14.7 Å². The van der Waals surface area contributed by atoms with Crippen molar-refractivity contribution in [2.45, 2.75) is 19.4 Å². The molecule has 0 heterocycles. The van der Waals surface area contributed by atoms with E-state index in [2.05, 4.69) is 5.32 Å². The predicted octanol–water partition coefficient (Wildman–Crippen LogP) is 0.187. The van der Waals surface area contributed by atoms with Crippen LogP contribution in [0.4, 0.5) is 0 Å². The average molecular weight is 280 g/mol. The summed E-state index contributed by atoms with van der Waals surface area (Å²) in [6.07, 6.45) is 0.409. The first kappa shape index (κ1) is 16.0. The third-order valence-corrected chi connectivity index (χ3v) is 2.89. The number of rotatable bonds is 6. The van der Waals surface area contributed by atoms with Gasteiger partial charge in [-0.25, -0.2) is 0 Å². The molecule has 1 aromatic rings. The van der Waals surface area contributed by atoms with Crippen LogP contribution in [0.3, 0.4) is 0 Å². The molecule has 1 rings (SSSR count). The van der Waals surface area contributed by atoms with Gasteiger partial charge in [0.2, 0.25) is 5.91 Å². The number of hydrogen-bond acceptors (Lipinski definition) is 5. The molecule has 4 N–H and O–H groups in total. The lowest BCUT2D eigenvalue weighted by Gasteiger charge is -2.16. The van der Waals surface area contributed by atoms with E-state index < -0.39 is 17.9 Å². The van der Waals surface area contributed by atoms with Gasteiger partial charge in [0.1, 0.15) is 5.75 Å². The van der Waals surface area contributed by atoms with Gasteiger partial charge in [-0.2, -0.15) is 0 Å². The molecule has 0 fully saturated rings. The van der Waals surface area contributed by atoms with Crippen molar-refractivity contribution < 1.29 is 19.4 Å². The SMILES string of the molecule is COC(=O)C(CNC(=O)C(C)N)Cc1ccc(O)cc1. The Morgan fingerprint density at radius 2 is 1.95 bits per heavy atom. The molecule has 0 aliphatic heterocycles. The molecular formula is C14H20N2O4. The largest absolute Gasteiger partial charge is 0.508 e. The molecule has 0 saturated heterocycles. The Kier molecular flexibility index (Phi) is 5.99. The van der Waals surface area contributed by atoms with Gasteiger partial charge in [-0.05, 0) is 31.0 Å². The van der Waals surface area contributed by atoms with Crippen LogP contribution in [-0.4, -0.2) is 36.7 Å². The quantitative estimate of drug-likeness (QED) is 0.646. The Morgan fingerprint density at radius 3 is 2.45 bits per heavy atom. The minimum Gasteiger partial charge on any atom is -0.508 e. The number of carbonyl (C=O) groups excluding carboxylic acids is 2. The fraction of sp³-hybridized carbons (Fsp3) is 0.429. The van der Waals surface area contributed by atoms with E-state index in [1.807, 2.05) is 0 Å². The van der Waals surface area contributed by atoms with Crippen LogP contribution in [0.15, 0.2) is 24.3 Å². The zero-order valence-electron chi connectivity index (χ0n) is 11.6. The molecule has 0 aromatic heterocycles. The maximum absolute atomic E-state index is 11.7. The minimum absolute atomic E-state index is 0.161. The van der Waals surface area contributed by atoms with Gasteiger partial charge in [0.15, 0.2) is 0 Å². The highest BCUT2D eigenvalue weighted by atomic mass is 16.5. The molecule has 0 aliphatic carbocycles. The average Bonchev–Trinajstić information content (AvgIpc) is 2.44. The number of hydrogen-bond donors (Lipinski definition) is 3. The van der Waals surface area contributed by atoms with Crippen molar-refractivity contribution >= 4 is 11.9 Å². The number of phenols is 1. The van der Waals surface area contributed by atoms with Gasteiger partial charge in [0.05, 0.1) is 19.1 Å². The molecule has 6 heteroatoms. The highest BCUT2D eigenvalue weighted by Gasteiger charge is 2.21. The van der Waals surface area contributed by atoms with Crippen LogP contribution in [0.25, 0.3) is 0 Å². The molecule has 2 atom stereocenters. The van der Waals surface area contributed by atoms with Crippen LogP contribution >= 0.6 is 0 Å². The number of phenolic OH excluding ortho intramolecular Hbond substituents is 1. The second kappa shape index (κ2) is 7.49. The number of benzene rings is 1. The highest BCUT2D eigenvalue weighted by molar-refractivity contribution is 5.82. The molecule has 0 saturated carbocycles. The second-order valence-corrected chi connectivity index (χ2v) is 4.62. The van der Waals surface area contributed by atoms with Crippen LogP contribution < -0.4 is 11.1 Å². The Morgan fingerprint density at radius 1 is 1.35 bits per heavy atom. The van der Waals surface area contributed by atoms with Crippen molar-refractivity contribution in [1.82, 2.24) is 5.32 Å². The molecule has 0 bridgehead atoms. The Bertz CT molecular complexity index is 457. The zero-order chi connectivity index (χ0) is 15.1. The number of amides is 1. The lowest BCUT2D eigenvalue weighted by Crippen LogP contribution is -2.42. The maximum Gasteiger partial charge on any atom is 0.310 e. The summed E-state index contributed by atoms with van der Waals surface area (Å²) in [6.45, 7) is 1.73. The number of aromatic hydroxyl groups is 1. The number of ether oxygens (including phenoxy) is 1. The molecule has 1 amide bonds. The van der Waals surface area contributed by atoms with E-state index in [1.165, 1.54) is 7.11 Å². The van der Waals surface area contributed by atoms with Crippen LogP contribution in [-0.2, 0) is 20.7 Å². The van der Waals surface area contributed by atoms with Gasteiger partial charge < -0.3 is 20.9 Å². The molecule has 1 aromatic carbocycles. The first-order valence-electron chi connectivity index (χ1n) is 6.33. The van der Waals surface area contributed by atoms with Crippen molar-refractivity contribution in [3.8, 4) is 5.75 Å². The number of nitrogens with two attached hydrogens (primary N) is 1. The number of methoxy groups -OCH3 is 1. The van der Waals surface area contributed by atoms with E-state index in [4.69, 9.17) is 10.5 Å². The lowest BCUT2D eigenvalue weighted by atomic mass is 9.99.